The van der Waals surface area contributed by atoms with Crippen molar-refractivity contribution >= 4 is 50.9 Å². The summed E-state index contributed by atoms with van der Waals surface area (Å²) in [6.45, 7) is 1.56. The van der Waals surface area contributed by atoms with E-state index in [9.17, 15) is 14.5 Å². The number of hydrogen-bond donors (Lipinski definition) is 0. The number of hydrogen-bond acceptors (Lipinski definition) is 6. The van der Waals surface area contributed by atoms with Crippen molar-refractivity contribution in [3.8, 4) is 11.4 Å². The van der Waals surface area contributed by atoms with Crippen molar-refractivity contribution in [2.75, 3.05) is 6.54 Å². The molecule has 0 unspecified atom stereocenters. The monoisotopic (exact) mass is 610 g/mol. The fraction of sp³-hybridized carbons (Fsp3) is 0.167. The smallest absolute Gasteiger partial charge is 0.220 e. The van der Waals surface area contributed by atoms with Crippen LogP contribution >= 0.6 is 50.9 Å². The van der Waals surface area contributed by atoms with Crippen LogP contribution < -0.4 is 4.74 Å². The third-order valence-electron chi connectivity index (χ3n) is 5.14. The average Bonchev–Trinajstić information content (AvgIpc) is 3.20. The lowest BCUT2D eigenvalue weighted by molar-refractivity contribution is -0.479. The van der Waals surface area contributed by atoms with Gasteiger partial charge in [-0.1, -0.05) is 57.0 Å². The molecule has 4 rings (SSSR count). The summed E-state index contributed by atoms with van der Waals surface area (Å²) in [5.41, 5.74) is 2.05. The van der Waals surface area contributed by atoms with E-state index in [1.54, 1.807) is 60.0 Å². The quantitative estimate of drug-likeness (QED) is 0.111. The van der Waals surface area contributed by atoms with Gasteiger partial charge in [-0.2, -0.15) is 0 Å². The molecule has 0 saturated heterocycles. The Balaban J connectivity index is 1.67. The summed E-state index contributed by atoms with van der Waals surface area (Å²) in [4.78, 5) is 11.3. The second kappa shape index (κ2) is 11.6. The molecule has 0 amide bonds. The van der Waals surface area contributed by atoms with Crippen LogP contribution in [0.1, 0.15) is 22.2 Å². The van der Waals surface area contributed by atoms with Crippen molar-refractivity contribution in [1.82, 2.24) is 14.8 Å². The lowest BCUT2D eigenvalue weighted by atomic mass is 10.1. The Kier molecular flexibility index (Phi) is 8.50. The van der Waals surface area contributed by atoms with Gasteiger partial charge in [0.1, 0.15) is 29.2 Å². The first-order chi connectivity index (χ1) is 17.2. The fourth-order valence-corrected chi connectivity index (χ4v) is 5.35. The predicted octanol–water partition coefficient (Wildman–Crippen LogP) is 7.47. The van der Waals surface area contributed by atoms with Gasteiger partial charge in [-0.05, 0) is 67.1 Å². The van der Waals surface area contributed by atoms with E-state index in [-0.39, 0.29) is 23.9 Å². The van der Waals surface area contributed by atoms with Gasteiger partial charge in [-0.25, -0.2) is 4.39 Å². The highest BCUT2D eigenvalue weighted by molar-refractivity contribution is 9.10. The number of nitro groups is 1. The van der Waals surface area contributed by atoms with Crippen molar-refractivity contribution in [2.24, 2.45) is 0 Å². The minimum absolute atomic E-state index is 0.187. The van der Waals surface area contributed by atoms with E-state index < -0.39 is 5.25 Å². The molecule has 0 aliphatic heterocycles. The molecule has 3 aromatic carbocycles. The molecule has 0 N–H and O–H groups in total. The van der Waals surface area contributed by atoms with Gasteiger partial charge >= 0.3 is 0 Å². The highest BCUT2D eigenvalue weighted by Crippen LogP contribution is 2.41. The standard InChI is InChI=1S/C24H18BrCl2FN4O3S/c1-14-29-30-24(32(14)18-6-4-17(28)5-7-18)36-23(12-31(33)34)19-11-16(25)3-9-22(19)35-13-15-2-8-20(26)21(27)10-15/h2-11,23H,12-13H2,1H3/t23-/m1/s1. The molecule has 7 nitrogen and oxygen atoms in total. The minimum Gasteiger partial charge on any atom is -0.489 e. The molecule has 0 aliphatic rings. The number of aromatic nitrogens is 3. The number of ether oxygens (including phenoxy) is 1. The third-order valence-corrected chi connectivity index (χ3v) is 7.53. The van der Waals surface area contributed by atoms with E-state index in [1.807, 2.05) is 0 Å². The highest BCUT2D eigenvalue weighted by Gasteiger charge is 2.27. The van der Waals surface area contributed by atoms with E-state index in [0.29, 0.717) is 38.0 Å². The van der Waals surface area contributed by atoms with Crippen LogP contribution in [0.3, 0.4) is 0 Å². The maximum atomic E-state index is 13.5. The zero-order chi connectivity index (χ0) is 25.8. The molecular formula is C24H18BrCl2FN4O3S. The van der Waals surface area contributed by atoms with E-state index in [2.05, 4.69) is 26.1 Å². The molecule has 36 heavy (non-hydrogen) atoms. The molecular weight excluding hydrogens is 594 g/mol. The summed E-state index contributed by atoms with van der Waals surface area (Å²) in [5, 5.41) is 20.6. The molecule has 0 aliphatic carbocycles. The summed E-state index contributed by atoms with van der Waals surface area (Å²) in [7, 11) is 0. The number of thioether (sulfide) groups is 1. The lowest BCUT2D eigenvalue weighted by Gasteiger charge is -2.18. The molecule has 0 saturated carbocycles. The largest absolute Gasteiger partial charge is 0.489 e. The van der Waals surface area contributed by atoms with Crippen LogP contribution in [0.5, 0.6) is 5.75 Å². The molecule has 1 aromatic heterocycles. The van der Waals surface area contributed by atoms with E-state index >= 15 is 0 Å². The van der Waals surface area contributed by atoms with Crippen molar-refractivity contribution in [3.05, 3.63) is 108 Å². The highest BCUT2D eigenvalue weighted by atomic mass is 79.9. The van der Waals surface area contributed by atoms with Crippen molar-refractivity contribution < 1.29 is 14.1 Å². The number of halogens is 4. The Bertz CT molecular complexity index is 1400. The minimum atomic E-state index is -0.663. The average molecular weight is 612 g/mol. The second-order valence-corrected chi connectivity index (χ2v) is 10.6. The fourth-order valence-electron chi connectivity index (χ4n) is 3.46. The Morgan fingerprint density at radius 2 is 1.86 bits per heavy atom. The van der Waals surface area contributed by atoms with Crippen LogP contribution in [0.2, 0.25) is 10.0 Å². The van der Waals surface area contributed by atoms with Crippen LogP contribution in [0.25, 0.3) is 5.69 Å². The maximum absolute atomic E-state index is 13.5. The van der Waals surface area contributed by atoms with Crippen LogP contribution in [-0.2, 0) is 6.61 Å². The summed E-state index contributed by atoms with van der Waals surface area (Å²) in [6.07, 6.45) is 0. The molecule has 0 fully saturated rings. The van der Waals surface area contributed by atoms with E-state index in [0.717, 1.165) is 10.0 Å². The lowest BCUT2D eigenvalue weighted by Crippen LogP contribution is -2.12. The van der Waals surface area contributed by atoms with E-state index in [4.69, 9.17) is 27.9 Å². The van der Waals surface area contributed by atoms with Crippen LogP contribution in [0.4, 0.5) is 4.39 Å². The second-order valence-electron chi connectivity index (χ2n) is 7.68. The van der Waals surface area contributed by atoms with Crippen LogP contribution in [-0.4, -0.2) is 26.2 Å². The Morgan fingerprint density at radius 1 is 1.11 bits per heavy atom. The first-order valence-electron chi connectivity index (χ1n) is 10.5. The van der Waals surface area contributed by atoms with Gasteiger partial charge < -0.3 is 4.74 Å². The van der Waals surface area contributed by atoms with Gasteiger partial charge in [0.05, 0.1) is 10.0 Å². The SMILES string of the molecule is Cc1nnc(S[C@H](C[N+](=O)[O-])c2cc(Br)ccc2OCc2ccc(Cl)c(Cl)c2)n1-c1ccc(F)cc1. The summed E-state index contributed by atoms with van der Waals surface area (Å²) in [5.74, 6) is 0.672. The van der Waals surface area contributed by atoms with Gasteiger partial charge in [-0.15, -0.1) is 10.2 Å². The summed E-state index contributed by atoms with van der Waals surface area (Å²) >= 11 is 16.7. The Morgan fingerprint density at radius 3 is 2.56 bits per heavy atom. The molecule has 1 atom stereocenters. The van der Waals surface area contributed by atoms with E-state index in [1.165, 1.54) is 23.9 Å². The van der Waals surface area contributed by atoms with Crippen LogP contribution in [0, 0.1) is 22.9 Å². The molecule has 0 spiro atoms. The van der Waals surface area contributed by atoms with Gasteiger partial charge in [0, 0.05) is 20.6 Å². The van der Waals surface area contributed by atoms with Crippen molar-refractivity contribution in [1.29, 1.82) is 0 Å². The molecule has 0 bridgehead atoms. The normalized spacial score (nSPS) is 11.9. The molecule has 12 heteroatoms. The maximum Gasteiger partial charge on any atom is 0.220 e. The third kappa shape index (κ3) is 6.36. The Labute approximate surface area is 228 Å². The summed E-state index contributed by atoms with van der Waals surface area (Å²) < 4.78 is 22.0. The van der Waals surface area contributed by atoms with Crippen LogP contribution in [0.15, 0.2) is 70.3 Å². The number of nitrogens with zero attached hydrogens (tertiary/aromatic N) is 4. The number of aryl methyl sites for hydroxylation is 1. The zero-order valence-corrected chi connectivity index (χ0v) is 22.6. The topological polar surface area (TPSA) is 83.1 Å². The predicted molar refractivity (Wildman–Crippen MR) is 141 cm³/mol. The number of benzene rings is 3. The van der Waals surface area contributed by atoms with Crippen molar-refractivity contribution in [2.45, 2.75) is 23.9 Å². The first kappa shape index (κ1) is 26.4. The Hall–Kier alpha value is -2.66. The summed E-state index contributed by atoms with van der Waals surface area (Å²) in [6, 6.07) is 16.4. The zero-order valence-electron chi connectivity index (χ0n) is 18.7. The van der Waals surface area contributed by atoms with Gasteiger partial charge in [0.2, 0.25) is 6.54 Å². The number of rotatable bonds is 9. The van der Waals surface area contributed by atoms with Gasteiger partial charge in [0.25, 0.3) is 0 Å². The van der Waals surface area contributed by atoms with Gasteiger partial charge in [0.15, 0.2) is 5.16 Å². The first-order valence-corrected chi connectivity index (χ1v) is 13.0. The van der Waals surface area contributed by atoms with Crippen molar-refractivity contribution in [3.63, 3.8) is 0 Å². The molecule has 186 valence electrons. The molecule has 0 radical (unpaired) electrons. The van der Waals surface area contributed by atoms with Gasteiger partial charge in [-0.3, -0.25) is 14.7 Å². The molecule has 1 heterocycles. The molecule has 4 aromatic rings.